The van der Waals surface area contributed by atoms with Gasteiger partial charge in [-0.25, -0.2) is 13.2 Å². The second-order valence-electron chi connectivity index (χ2n) is 6.49. The molecule has 1 N–H and O–H groups in total. The van der Waals surface area contributed by atoms with Crippen molar-refractivity contribution in [3.8, 4) is 0 Å². The summed E-state index contributed by atoms with van der Waals surface area (Å²) in [5.74, 6) is 0.913. The molecule has 7 nitrogen and oxygen atoms in total. The van der Waals surface area contributed by atoms with Crippen LogP contribution in [0.3, 0.4) is 0 Å². The van der Waals surface area contributed by atoms with Gasteiger partial charge in [0.15, 0.2) is 0 Å². The number of aliphatic carboxylic acids is 1. The zero-order chi connectivity index (χ0) is 19.3. The summed E-state index contributed by atoms with van der Waals surface area (Å²) in [6.07, 6.45) is 3.61. The van der Waals surface area contributed by atoms with Gasteiger partial charge in [0.05, 0.1) is 24.5 Å². The zero-order valence-electron chi connectivity index (χ0n) is 15.6. The van der Waals surface area contributed by atoms with Crippen molar-refractivity contribution >= 4 is 27.6 Å². The predicted octanol–water partition coefficient (Wildman–Crippen LogP) is 1.39. The summed E-state index contributed by atoms with van der Waals surface area (Å²) in [5.41, 5.74) is 1.14. The number of thioether (sulfide) groups is 1. The number of allylic oxidation sites excluding steroid dienone is 2. The maximum absolute atomic E-state index is 11.9. The van der Waals surface area contributed by atoms with Gasteiger partial charge < -0.3 is 19.6 Å². The van der Waals surface area contributed by atoms with Crippen LogP contribution < -0.4 is 0 Å². The van der Waals surface area contributed by atoms with E-state index in [4.69, 9.17) is 4.74 Å². The third kappa shape index (κ3) is 5.40. The Balaban J connectivity index is 2.34. The van der Waals surface area contributed by atoms with Crippen molar-refractivity contribution in [1.82, 2.24) is 9.80 Å². The van der Waals surface area contributed by atoms with Gasteiger partial charge in [0.1, 0.15) is 21.0 Å². The Morgan fingerprint density at radius 1 is 1.38 bits per heavy atom. The number of carboxylic acids is 1. The van der Waals surface area contributed by atoms with E-state index in [0.717, 1.165) is 30.2 Å². The molecular weight excluding hydrogens is 376 g/mol. The topological polar surface area (TPSA) is 87.2 Å². The van der Waals surface area contributed by atoms with Crippen LogP contribution in [0, 0.1) is 0 Å². The van der Waals surface area contributed by atoms with E-state index in [1.54, 1.807) is 11.8 Å². The molecule has 26 heavy (non-hydrogen) atoms. The van der Waals surface area contributed by atoms with Crippen molar-refractivity contribution < 1.29 is 23.1 Å². The molecule has 1 unspecified atom stereocenters. The third-order valence-corrected chi connectivity index (χ3v) is 6.57. The Morgan fingerprint density at radius 2 is 2.04 bits per heavy atom. The minimum absolute atomic E-state index is 0.0918. The fourth-order valence-corrected chi connectivity index (χ4v) is 5.04. The van der Waals surface area contributed by atoms with Crippen LogP contribution in [0.4, 0.5) is 0 Å². The Hall–Kier alpha value is -1.19. The summed E-state index contributed by atoms with van der Waals surface area (Å²) < 4.78 is 28.5. The summed E-state index contributed by atoms with van der Waals surface area (Å²) in [6, 6.07) is 0. The smallest absolute Gasteiger partial charge is 0.334 e. The highest BCUT2D eigenvalue weighted by molar-refractivity contribution is 8.00. The Kier molecular flexibility index (Phi) is 7.42. The average Bonchev–Trinajstić information content (AvgIpc) is 2.56. The van der Waals surface area contributed by atoms with Crippen LogP contribution in [0.15, 0.2) is 23.0 Å². The van der Waals surface area contributed by atoms with Gasteiger partial charge in [-0.05, 0) is 30.7 Å². The van der Waals surface area contributed by atoms with Crippen molar-refractivity contribution in [3.63, 3.8) is 0 Å². The Labute approximate surface area is 160 Å². The molecule has 0 aromatic heterocycles. The van der Waals surface area contributed by atoms with Gasteiger partial charge in [0, 0.05) is 25.9 Å². The van der Waals surface area contributed by atoms with Crippen LogP contribution in [0.25, 0.3) is 0 Å². The van der Waals surface area contributed by atoms with Crippen LogP contribution in [0.2, 0.25) is 0 Å². The molecule has 0 aliphatic carbocycles. The van der Waals surface area contributed by atoms with E-state index in [9.17, 15) is 18.3 Å². The molecule has 1 saturated heterocycles. The number of hydrogen-bond acceptors (Lipinski definition) is 7. The summed E-state index contributed by atoms with van der Waals surface area (Å²) in [5, 5.41) is 9.40. The molecule has 1 fully saturated rings. The molecule has 2 aliphatic rings. The van der Waals surface area contributed by atoms with E-state index in [1.165, 1.54) is 6.26 Å². The molecule has 0 saturated carbocycles. The number of carbonyl (C=O) groups is 1. The molecular formula is C17H28N2O5S2. The van der Waals surface area contributed by atoms with Gasteiger partial charge in [0.2, 0.25) is 0 Å². The van der Waals surface area contributed by atoms with Crippen LogP contribution in [0.5, 0.6) is 0 Å². The molecule has 0 radical (unpaired) electrons. The van der Waals surface area contributed by atoms with E-state index >= 15 is 0 Å². The normalized spacial score (nSPS) is 21.8. The maximum Gasteiger partial charge on any atom is 0.334 e. The molecule has 2 aliphatic heterocycles. The van der Waals surface area contributed by atoms with Gasteiger partial charge in [-0.15, -0.1) is 11.8 Å². The van der Waals surface area contributed by atoms with Crippen LogP contribution in [-0.2, 0) is 19.4 Å². The number of rotatable bonds is 8. The Bertz CT molecular complexity index is 681. The van der Waals surface area contributed by atoms with E-state index in [-0.39, 0.29) is 11.1 Å². The third-order valence-electron chi connectivity index (χ3n) is 4.40. The zero-order valence-corrected chi connectivity index (χ0v) is 17.2. The van der Waals surface area contributed by atoms with E-state index in [1.807, 2.05) is 19.9 Å². The predicted molar refractivity (Wildman–Crippen MR) is 104 cm³/mol. The quantitative estimate of drug-likeness (QED) is 0.649. The number of hydrogen-bond donors (Lipinski definition) is 1. The SMILES string of the molecule is CCSC1C(C(=O)O)=C(C)C=C(N2CCOCC2)N1CCCS(C)(=O)=O. The average molecular weight is 405 g/mol. The van der Waals surface area contributed by atoms with E-state index in [0.29, 0.717) is 31.8 Å². The molecule has 9 heteroatoms. The molecule has 0 amide bonds. The minimum atomic E-state index is -3.05. The van der Waals surface area contributed by atoms with Crippen LogP contribution >= 0.6 is 11.8 Å². The number of ether oxygens (including phenoxy) is 1. The number of sulfone groups is 1. The molecule has 0 bridgehead atoms. The minimum Gasteiger partial charge on any atom is -0.478 e. The largest absolute Gasteiger partial charge is 0.478 e. The van der Waals surface area contributed by atoms with Gasteiger partial charge in [-0.3, -0.25) is 0 Å². The first-order valence-electron chi connectivity index (χ1n) is 8.79. The lowest BCUT2D eigenvalue weighted by molar-refractivity contribution is -0.133. The number of morpholine rings is 1. The highest BCUT2D eigenvalue weighted by atomic mass is 32.2. The van der Waals surface area contributed by atoms with Crippen molar-refractivity contribution in [2.75, 3.05) is 50.6 Å². The summed E-state index contributed by atoms with van der Waals surface area (Å²) in [7, 11) is -3.05. The number of nitrogens with zero attached hydrogens (tertiary/aromatic N) is 2. The maximum atomic E-state index is 11.9. The van der Waals surface area contributed by atoms with Crippen LogP contribution in [0.1, 0.15) is 20.3 Å². The second-order valence-corrected chi connectivity index (χ2v) is 10.1. The monoisotopic (exact) mass is 404 g/mol. The van der Waals surface area contributed by atoms with Crippen molar-refractivity contribution in [3.05, 3.63) is 23.0 Å². The first kappa shape index (κ1) is 21.1. The lowest BCUT2D eigenvalue weighted by Gasteiger charge is -2.44. The standard InChI is InChI=1S/C17H28N2O5S2/c1-4-25-16-15(17(20)21)13(2)12-14(18-7-9-24-10-8-18)19(16)6-5-11-26(3,22)23/h12,16H,4-11H2,1-3H3,(H,20,21). The fourth-order valence-electron chi connectivity index (χ4n) is 3.22. The molecule has 0 aromatic carbocycles. The highest BCUT2D eigenvalue weighted by Crippen LogP contribution is 2.35. The lowest BCUT2D eigenvalue weighted by Crippen LogP contribution is -2.48. The van der Waals surface area contributed by atoms with Crippen molar-refractivity contribution in [1.29, 1.82) is 0 Å². The number of carboxylic acid groups (broad SMARTS) is 1. The van der Waals surface area contributed by atoms with Crippen LogP contribution in [-0.4, -0.2) is 85.3 Å². The molecule has 0 spiro atoms. The molecule has 1 atom stereocenters. The van der Waals surface area contributed by atoms with Gasteiger partial charge in [-0.2, -0.15) is 0 Å². The molecule has 0 aromatic rings. The first-order valence-corrected chi connectivity index (χ1v) is 11.9. The highest BCUT2D eigenvalue weighted by Gasteiger charge is 2.35. The van der Waals surface area contributed by atoms with Crippen molar-refractivity contribution in [2.45, 2.75) is 25.6 Å². The lowest BCUT2D eigenvalue weighted by atomic mass is 10.0. The van der Waals surface area contributed by atoms with Gasteiger partial charge >= 0.3 is 5.97 Å². The van der Waals surface area contributed by atoms with Crippen molar-refractivity contribution in [2.24, 2.45) is 0 Å². The second kappa shape index (κ2) is 9.14. The summed E-state index contributed by atoms with van der Waals surface area (Å²) in [6.45, 7) is 7.09. The first-order chi connectivity index (χ1) is 12.2. The van der Waals surface area contributed by atoms with E-state index in [2.05, 4.69) is 9.80 Å². The molecule has 2 rings (SSSR count). The molecule has 148 valence electrons. The summed E-state index contributed by atoms with van der Waals surface area (Å²) in [4.78, 5) is 16.1. The summed E-state index contributed by atoms with van der Waals surface area (Å²) >= 11 is 1.57. The van der Waals surface area contributed by atoms with E-state index < -0.39 is 15.8 Å². The van der Waals surface area contributed by atoms with Gasteiger partial charge in [-0.1, -0.05) is 6.92 Å². The molecule has 2 heterocycles. The van der Waals surface area contributed by atoms with Gasteiger partial charge in [0.25, 0.3) is 0 Å². The Morgan fingerprint density at radius 3 is 2.58 bits per heavy atom. The fraction of sp³-hybridized carbons (Fsp3) is 0.706.